The van der Waals surface area contributed by atoms with Crippen LogP contribution in [0.3, 0.4) is 0 Å². The molecule has 0 fully saturated rings. The van der Waals surface area contributed by atoms with Gasteiger partial charge in [-0.1, -0.05) is 25.1 Å². The maximum absolute atomic E-state index is 11.5. The van der Waals surface area contributed by atoms with Crippen molar-refractivity contribution in [2.24, 2.45) is 5.92 Å². The molecule has 0 aliphatic heterocycles. The highest BCUT2D eigenvalue weighted by molar-refractivity contribution is 7.99. The molecule has 0 aliphatic carbocycles. The highest BCUT2D eigenvalue weighted by Gasteiger charge is 2.04. The zero-order valence-electron chi connectivity index (χ0n) is 11.2. The third-order valence-electron chi connectivity index (χ3n) is 2.38. The van der Waals surface area contributed by atoms with Crippen LogP contribution >= 0.6 is 11.8 Å². The maximum atomic E-state index is 11.5. The van der Waals surface area contributed by atoms with E-state index in [2.05, 4.69) is 5.32 Å². The molecule has 1 rings (SSSR count). The molecule has 1 aromatic rings. The predicted octanol–water partition coefficient (Wildman–Crippen LogP) is 1.54. The van der Waals surface area contributed by atoms with Gasteiger partial charge < -0.3 is 15.2 Å². The molecule has 0 aliphatic rings. The van der Waals surface area contributed by atoms with E-state index in [1.165, 1.54) is 11.8 Å². The lowest BCUT2D eigenvalue weighted by molar-refractivity contribution is -0.118. The molecule has 0 saturated carbocycles. The standard InChI is InChI=1S/C14H21NO3S/c1-12(9-16)10-19-11-14(17)15-7-8-18-13-5-3-2-4-6-13/h2-6,12,16H,7-11H2,1H3,(H,15,17). The van der Waals surface area contributed by atoms with Crippen molar-refractivity contribution in [1.29, 1.82) is 0 Å². The summed E-state index contributed by atoms with van der Waals surface area (Å²) in [5.74, 6) is 2.27. The molecule has 19 heavy (non-hydrogen) atoms. The third kappa shape index (κ3) is 7.74. The zero-order valence-corrected chi connectivity index (χ0v) is 12.0. The molecule has 1 atom stereocenters. The number of aliphatic hydroxyl groups excluding tert-OH is 1. The Hall–Kier alpha value is -1.20. The molecular formula is C14H21NO3S. The van der Waals surface area contributed by atoms with Gasteiger partial charge in [-0.25, -0.2) is 0 Å². The van der Waals surface area contributed by atoms with Crippen molar-refractivity contribution in [1.82, 2.24) is 5.32 Å². The number of nitrogens with one attached hydrogen (secondary N) is 1. The SMILES string of the molecule is CC(CO)CSCC(=O)NCCOc1ccccc1. The van der Waals surface area contributed by atoms with Gasteiger partial charge in [0, 0.05) is 6.61 Å². The minimum atomic E-state index is 0.00630. The fourth-order valence-electron chi connectivity index (χ4n) is 1.33. The van der Waals surface area contributed by atoms with E-state index in [4.69, 9.17) is 9.84 Å². The largest absolute Gasteiger partial charge is 0.492 e. The molecule has 0 saturated heterocycles. The number of carbonyl (C=O) groups is 1. The fourth-order valence-corrected chi connectivity index (χ4v) is 2.25. The average Bonchev–Trinajstić information content (AvgIpc) is 2.44. The Kier molecular flexibility index (Phi) is 8.09. The van der Waals surface area contributed by atoms with Gasteiger partial charge in [-0.2, -0.15) is 11.8 Å². The van der Waals surface area contributed by atoms with Crippen molar-refractivity contribution < 1.29 is 14.6 Å². The van der Waals surface area contributed by atoms with E-state index in [1.54, 1.807) is 0 Å². The van der Waals surface area contributed by atoms with Gasteiger partial charge in [-0.05, 0) is 23.8 Å². The summed E-state index contributed by atoms with van der Waals surface area (Å²) in [6.07, 6.45) is 0. The van der Waals surface area contributed by atoms with Gasteiger partial charge in [-0.15, -0.1) is 0 Å². The van der Waals surface area contributed by atoms with E-state index >= 15 is 0 Å². The molecule has 5 heteroatoms. The fraction of sp³-hybridized carbons (Fsp3) is 0.500. The van der Waals surface area contributed by atoms with Crippen molar-refractivity contribution >= 4 is 17.7 Å². The monoisotopic (exact) mass is 283 g/mol. The van der Waals surface area contributed by atoms with E-state index < -0.39 is 0 Å². The quantitative estimate of drug-likeness (QED) is 0.675. The lowest BCUT2D eigenvalue weighted by Gasteiger charge is -2.09. The van der Waals surface area contributed by atoms with Gasteiger partial charge in [-0.3, -0.25) is 4.79 Å². The molecular weight excluding hydrogens is 262 g/mol. The van der Waals surface area contributed by atoms with Crippen molar-refractivity contribution in [3.8, 4) is 5.75 Å². The summed E-state index contributed by atoms with van der Waals surface area (Å²) in [4.78, 5) is 11.5. The van der Waals surface area contributed by atoms with Crippen molar-refractivity contribution in [2.75, 3.05) is 31.3 Å². The van der Waals surface area contributed by atoms with Crippen molar-refractivity contribution in [3.05, 3.63) is 30.3 Å². The van der Waals surface area contributed by atoms with Crippen molar-refractivity contribution in [3.63, 3.8) is 0 Å². The maximum Gasteiger partial charge on any atom is 0.230 e. The molecule has 106 valence electrons. The normalized spacial score (nSPS) is 11.9. The molecule has 1 aromatic carbocycles. The van der Waals surface area contributed by atoms with Gasteiger partial charge in [0.05, 0.1) is 12.3 Å². The lowest BCUT2D eigenvalue weighted by Crippen LogP contribution is -2.29. The molecule has 2 N–H and O–H groups in total. The highest BCUT2D eigenvalue weighted by atomic mass is 32.2. The second-order valence-corrected chi connectivity index (χ2v) is 5.34. The number of amides is 1. The summed E-state index contributed by atoms with van der Waals surface area (Å²) < 4.78 is 5.46. The molecule has 4 nitrogen and oxygen atoms in total. The van der Waals surface area contributed by atoms with Gasteiger partial charge in [0.25, 0.3) is 0 Å². The van der Waals surface area contributed by atoms with Crippen LogP contribution in [0.15, 0.2) is 30.3 Å². The first kappa shape index (κ1) is 15.9. The number of rotatable bonds is 9. The van der Waals surface area contributed by atoms with Crippen LogP contribution in [0.1, 0.15) is 6.92 Å². The van der Waals surface area contributed by atoms with Crippen LogP contribution in [-0.4, -0.2) is 42.3 Å². The number of aliphatic hydroxyl groups is 1. The highest BCUT2D eigenvalue weighted by Crippen LogP contribution is 2.08. The van der Waals surface area contributed by atoms with Crippen LogP contribution < -0.4 is 10.1 Å². The first-order chi connectivity index (χ1) is 9.22. The Balaban J connectivity index is 2.01. The Morgan fingerprint density at radius 1 is 1.42 bits per heavy atom. The third-order valence-corrected chi connectivity index (χ3v) is 3.65. The van der Waals surface area contributed by atoms with Crippen LogP contribution in [0.25, 0.3) is 0 Å². The summed E-state index contributed by atoms with van der Waals surface area (Å²) in [5.41, 5.74) is 0. The molecule has 0 spiro atoms. The minimum absolute atomic E-state index is 0.00630. The molecule has 0 heterocycles. The Morgan fingerprint density at radius 2 is 2.16 bits per heavy atom. The summed E-state index contributed by atoms with van der Waals surface area (Å²) in [6.45, 7) is 3.09. The van der Waals surface area contributed by atoms with Crippen LogP contribution in [-0.2, 0) is 4.79 Å². The second-order valence-electron chi connectivity index (χ2n) is 4.31. The van der Waals surface area contributed by atoms with Gasteiger partial charge in [0.15, 0.2) is 0 Å². The molecule has 0 radical (unpaired) electrons. The molecule has 1 amide bonds. The van der Waals surface area contributed by atoms with Gasteiger partial charge in [0.1, 0.15) is 12.4 Å². The molecule has 0 bridgehead atoms. The van der Waals surface area contributed by atoms with Crippen LogP contribution in [0.4, 0.5) is 0 Å². The molecule has 1 unspecified atom stereocenters. The Morgan fingerprint density at radius 3 is 2.84 bits per heavy atom. The van der Waals surface area contributed by atoms with Crippen molar-refractivity contribution in [2.45, 2.75) is 6.92 Å². The van der Waals surface area contributed by atoms with E-state index in [1.807, 2.05) is 37.3 Å². The minimum Gasteiger partial charge on any atom is -0.492 e. The molecule has 0 aromatic heterocycles. The van der Waals surface area contributed by atoms with E-state index in [0.717, 1.165) is 11.5 Å². The summed E-state index contributed by atoms with van der Waals surface area (Å²) in [7, 11) is 0. The number of para-hydroxylation sites is 1. The second kappa shape index (κ2) is 9.69. The smallest absolute Gasteiger partial charge is 0.230 e. The summed E-state index contributed by atoms with van der Waals surface area (Å²) in [5, 5.41) is 11.6. The van der Waals surface area contributed by atoms with Gasteiger partial charge >= 0.3 is 0 Å². The summed E-state index contributed by atoms with van der Waals surface area (Å²) in [6, 6.07) is 9.51. The van der Waals surface area contributed by atoms with Crippen LogP contribution in [0, 0.1) is 5.92 Å². The first-order valence-electron chi connectivity index (χ1n) is 6.35. The van der Waals surface area contributed by atoms with Crippen LogP contribution in [0.2, 0.25) is 0 Å². The Bertz CT molecular complexity index is 359. The lowest BCUT2D eigenvalue weighted by atomic mass is 10.2. The van der Waals surface area contributed by atoms with E-state index in [0.29, 0.717) is 18.9 Å². The summed E-state index contributed by atoms with van der Waals surface area (Å²) >= 11 is 1.54. The number of hydrogen-bond acceptors (Lipinski definition) is 4. The number of hydrogen-bond donors (Lipinski definition) is 2. The average molecular weight is 283 g/mol. The topological polar surface area (TPSA) is 58.6 Å². The van der Waals surface area contributed by atoms with Crippen LogP contribution in [0.5, 0.6) is 5.75 Å². The Labute approximate surface area is 118 Å². The number of thioether (sulfide) groups is 1. The van der Waals surface area contributed by atoms with Gasteiger partial charge in [0.2, 0.25) is 5.91 Å². The number of carbonyl (C=O) groups excluding carboxylic acids is 1. The van der Waals surface area contributed by atoms with E-state index in [9.17, 15) is 4.79 Å². The van der Waals surface area contributed by atoms with E-state index in [-0.39, 0.29) is 18.4 Å². The predicted molar refractivity (Wildman–Crippen MR) is 78.5 cm³/mol. The zero-order chi connectivity index (χ0) is 13.9. The number of ether oxygens (including phenoxy) is 1. The first-order valence-corrected chi connectivity index (χ1v) is 7.51. The number of benzene rings is 1.